The average molecular weight is 356 g/mol. The SMILES string of the molecule is O=C(N[C@H](Cc1cnc[nH]1)C(=O)O)c1ccc(F)c(Br)c1. The Morgan fingerprint density at radius 1 is 1.48 bits per heavy atom. The molecule has 0 aliphatic carbocycles. The van der Waals surface area contributed by atoms with Gasteiger partial charge in [-0.1, -0.05) is 0 Å². The molecule has 0 bridgehead atoms. The van der Waals surface area contributed by atoms with E-state index in [0.29, 0.717) is 5.69 Å². The highest BCUT2D eigenvalue weighted by atomic mass is 79.9. The third-order valence-corrected chi connectivity index (χ3v) is 3.37. The van der Waals surface area contributed by atoms with Gasteiger partial charge in [0.15, 0.2) is 0 Å². The van der Waals surface area contributed by atoms with Gasteiger partial charge in [0.1, 0.15) is 11.9 Å². The molecule has 0 saturated carbocycles. The molecule has 8 heteroatoms. The molecule has 3 N–H and O–H groups in total. The van der Waals surface area contributed by atoms with Crippen molar-refractivity contribution in [2.75, 3.05) is 0 Å². The minimum absolute atomic E-state index is 0.0729. The number of aromatic nitrogens is 2. The van der Waals surface area contributed by atoms with Crippen LogP contribution in [-0.4, -0.2) is 33.0 Å². The Kier molecular flexibility index (Phi) is 4.69. The van der Waals surface area contributed by atoms with Crippen LogP contribution in [0.4, 0.5) is 4.39 Å². The molecule has 110 valence electrons. The average Bonchev–Trinajstić information content (AvgIpc) is 2.93. The van der Waals surface area contributed by atoms with Gasteiger partial charge in [0.2, 0.25) is 0 Å². The number of imidazole rings is 1. The van der Waals surface area contributed by atoms with E-state index in [1.54, 1.807) is 0 Å². The molecule has 0 fully saturated rings. The second-order valence-electron chi connectivity index (χ2n) is 4.27. The fourth-order valence-electron chi connectivity index (χ4n) is 1.70. The quantitative estimate of drug-likeness (QED) is 0.761. The minimum Gasteiger partial charge on any atom is -0.480 e. The molecule has 1 atom stereocenters. The summed E-state index contributed by atoms with van der Waals surface area (Å²) in [7, 11) is 0. The molecule has 0 unspecified atom stereocenters. The lowest BCUT2D eigenvalue weighted by molar-refractivity contribution is -0.139. The van der Waals surface area contributed by atoms with Crippen LogP contribution in [0.5, 0.6) is 0 Å². The topological polar surface area (TPSA) is 95.1 Å². The molecular weight excluding hydrogens is 345 g/mol. The van der Waals surface area contributed by atoms with Gasteiger partial charge < -0.3 is 15.4 Å². The van der Waals surface area contributed by atoms with Gasteiger partial charge in [-0.3, -0.25) is 4.79 Å². The van der Waals surface area contributed by atoms with Crippen LogP contribution in [0.1, 0.15) is 16.1 Å². The summed E-state index contributed by atoms with van der Waals surface area (Å²) in [4.78, 5) is 29.8. The lowest BCUT2D eigenvalue weighted by Crippen LogP contribution is -2.42. The first-order valence-corrected chi connectivity index (χ1v) is 6.72. The molecule has 0 saturated heterocycles. The van der Waals surface area contributed by atoms with Crippen molar-refractivity contribution in [2.24, 2.45) is 0 Å². The Morgan fingerprint density at radius 2 is 2.24 bits per heavy atom. The van der Waals surface area contributed by atoms with Crippen LogP contribution < -0.4 is 5.32 Å². The Labute approximate surface area is 127 Å². The van der Waals surface area contributed by atoms with Crippen molar-refractivity contribution in [3.05, 3.63) is 52.3 Å². The van der Waals surface area contributed by atoms with Crippen molar-refractivity contribution in [2.45, 2.75) is 12.5 Å². The Balaban J connectivity index is 2.10. The van der Waals surface area contributed by atoms with Crippen LogP contribution in [0.3, 0.4) is 0 Å². The van der Waals surface area contributed by atoms with Crippen LogP contribution >= 0.6 is 15.9 Å². The Bertz CT molecular complexity index is 661. The zero-order valence-corrected chi connectivity index (χ0v) is 12.2. The second kappa shape index (κ2) is 6.49. The van der Waals surface area contributed by atoms with Crippen LogP contribution in [-0.2, 0) is 11.2 Å². The molecule has 0 aliphatic heterocycles. The van der Waals surface area contributed by atoms with Gasteiger partial charge in [-0.05, 0) is 34.1 Å². The number of carbonyl (C=O) groups is 2. The van der Waals surface area contributed by atoms with Crippen molar-refractivity contribution in [1.82, 2.24) is 15.3 Å². The number of aromatic amines is 1. The van der Waals surface area contributed by atoms with Gasteiger partial charge in [0.25, 0.3) is 5.91 Å². The third-order valence-electron chi connectivity index (χ3n) is 2.76. The third kappa shape index (κ3) is 3.88. The molecular formula is C13H11BrFN3O3. The molecule has 1 amide bonds. The summed E-state index contributed by atoms with van der Waals surface area (Å²) >= 11 is 2.97. The van der Waals surface area contributed by atoms with Gasteiger partial charge >= 0.3 is 5.97 Å². The van der Waals surface area contributed by atoms with E-state index in [1.807, 2.05) is 0 Å². The van der Waals surface area contributed by atoms with Crippen molar-refractivity contribution in [3.8, 4) is 0 Å². The number of carboxylic acid groups (broad SMARTS) is 1. The van der Waals surface area contributed by atoms with Gasteiger partial charge in [-0.2, -0.15) is 0 Å². The minimum atomic E-state index is -1.17. The van der Waals surface area contributed by atoms with Gasteiger partial charge in [-0.25, -0.2) is 14.2 Å². The zero-order valence-electron chi connectivity index (χ0n) is 10.6. The van der Waals surface area contributed by atoms with E-state index in [0.717, 1.165) is 6.07 Å². The summed E-state index contributed by atoms with van der Waals surface area (Å²) in [6.07, 6.45) is 2.98. The number of hydrogen-bond acceptors (Lipinski definition) is 3. The van der Waals surface area contributed by atoms with E-state index in [1.165, 1.54) is 24.7 Å². The summed E-state index contributed by atoms with van der Waals surface area (Å²) < 4.78 is 13.3. The first-order valence-electron chi connectivity index (χ1n) is 5.93. The predicted molar refractivity (Wildman–Crippen MR) is 75.3 cm³/mol. The monoisotopic (exact) mass is 355 g/mol. The highest BCUT2D eigenvalue weighted by molar-refractivity contribution is 9.10. The number of amides is 1. The largest absolute Gasteiger partial charge is 0.480 e. The van der Waals surface area contributed by atoms with Crippen LogP contribution in [0.15, 0.2) is 35.2 Å². The maximum atomic E-state index is 13.1. The molecule has 6 nitrogen and oxygen atoms in total. The summed E-state index contributed by atoms with van der Waals surface area (Å²) in [5.74, 6) is -2.26. The number of carboxylic acids is 1. The summed E-state index contributed by atoms with van der Waals surface area (Å²) in [6, 6.07) is 2.59. The van der Waals surface area contributed by atoms with Gasteiger partial charge in [0, 0.05) is 23.9 Å². The van der Waals surface area contributed by atoms with Gasteiger partial charge in [-0.15, -0.1) is 0 Å². The van der Waals surface area contributed by atoms with Crippen LogP contribution in [0, 0.1) is 5.82 Å². The summed E-state index contributed by atoms with van der Waals surface area (Å²) in [6.45, 7) is 0. The van der Waals surface area contributed by atoms with E-state index in [2.05, 4.69) is 31.2 Å². The van der Waals surface area contributed by atoms with E-state index < -0.39 is 23.7 Å². The highest BCUT2D eigenvalue weighted by Gasteiger charge is 2.22. The number of hydrogen-bond donors (Lipinski definition) is 3. The second-order valence-corrected chi connectivity index (χ2v) is 5.13. The van der Waals surface area contributed by atoms with Crippen molar-refractivity contribution < 1.29 is 19.1 Å². The number of halogens is 2. The van der Waals surface area contributed by atoms with E-state index >= 15 is 0 Å². The van der Waals surface area contributed by atoms with Crippen molar-refractivity contribution in [1.29, 1.82) is 0 Å². The number of H-pyrrole nitrogens is 1. The van der Waals surface area contributed by atoms with Crippen LogP contribution in [0.2, 0.25) is 0 Å². The number of nitrogens with zero attached hydrogens (tertiary/aromatic N) is 1. The lowest BCUT2D eigenvalue weighted by atomic mass is 10.1. The first kappa shape index (κ1) is 15.2. The molecule has 1 heterocycles. The predicted octanol–water partition coefficient (Wildman–Crippen LogP) is 1.74. The van der Waals surface area contributed by atoms with Gasteiger partial charge in [0.05, 0.1) is 10.8 Å². The number of nitrogens with one attached hydrogen (secondary N) is 2. The highest BCUT2D eigenvalue weighted by Crippen LogP contribution is 2.17. The fraction of sp³-hybridized carbons (Fsp3) is 0.154. The molecule has 1 aromatic carbocycles. The number of rotatable bonds is 5. The fourth-order valence-corrected chi connectivity index (χ4v) is 2.07. The lowest BCUT2D eigenvalue weighted by Gasteiger charge is -2.13. The molecule has 1 aromatic heterocycles. The Morgan fingerprint density at radius 3 is 2.81 bits per heavy atom. The first-order chi connectivity index (χ1) is 9.97. The normalized spacial score (nSPS) is 11.9. The summed E-state index contributed by atoms with van der Waals surface area (Å²) in [5, 5.41) is 11.5. The zero-order chi connectivity index (χ0) is 15.4. The molecule has 2 rings (SSSR count). The Hall–Kier alpha value is -2.22. The maximum Gasteiger partial charge on any atom is 0.326 e. The van der Waals surface area contributed by atoms with Crippen LogP contribution in [0.25, 0.3) is 0 Å². The van der Waals surface area contributed by atoms with E-state index in [9.17, 15) is 14.0 Å². The molecule has 0 spiro atoms. The molecule has 21 heavy (non-hydrogen) atoms. The molecule has 2 aromatic rings. The number of aliphatic carboxylic acids is 1. The summed E-state index contributed by atoms with van der Waals surface area (Å²) in [5.41, 5.74) is 0.752. The van der Waals surface area contributed by atoms with E-state index in [4.69, 9.17) is 5.11 Å². The van der Waals surface area contributed by atoms with Crippen molar-refractivity contribution >= 4 is 27.8 Å². The van der Waals surface area contributed by atoms with E-state index in [-0.39, 0.29) is 16.5 Å². The molecule has 0 aliphatic rings. The smallest absolute Gasteiger partial charge is 0.326 e. The van der Waals surface area contributed by atoms with Crippen molar-refractivity contribution in [3.63, 3.8) is 0 Å². The maximum absolute atomic E-state index is 13.1. The number of carbonyl (C=O) groups excluding carboxylic acids is 1. The number of benzene rings is 1. The standard InChI is InChI=1S/C13H11BrFN3O3/c14-9-3-7(1-2-10(9)15)12(19)18-11(13(20)21)4-8-5-16-6-17-8/h1-3,5-6,11H,4H2,(H,16,17)(H,18,19)(H,20,21)/t11-/m1/s1. The molecule has 0 radical (unpaired) electrons.